The zero-order valence-electron chi connectivity index (χ0n) is 12.6. The maximum Gasteiger partial charge on any atom is 0.319 e. The number of urea groups is 1. The van der Waals surface area contributed by atoms with E-state index in [1.165, 1.54) is 0 Å². The van der Waals surface area contributed by atoms with E-state index < -0.39 is 18.0 Å². The van der Waals surface area contributed by atoms with Crippen molar-refractivity contribution in [1.82, 2.24) is 5.32 Å². The number of carbonyl (C=O) groups excluding carboxylic acids is 1. The van der Waals surface area contributed by atoms with E-state index in [4.69, 9.17) is 9.84 Å². The van der Waals surface area contributed by atoms with Gasteiger partial charge < -0.3 is 20.5 Å². The molecule has 0 fully saturated rings. The van der Waals surface area contributed by atoms with Crippen LogP contribution < -0.4 is 10.6 Å². The SMILES string of the molecule is COCc1cccc(NC(=O)NC(CC(=O)O)C(C)C)c1. The van der Waals surface area contributed by atoms with Crippen molar-refractivity contribution in [2.45, 2.75) is 32.9 Å². The summed E-state index contributed by atoms with van der Waals surface area (Å²) in [5.41, 5.74) is 1.58. The largest absolute Gasteiger partial charge is 0.481 e. The topological polar surface area (TPSA) is 87.7 Å². The fourth-order valence-corrected chi connectivity index (χ4v) is 1.88. The van der Waals surface area contributed by atoms with Crippen LogP contribution in [0.1, 0.15) is 25.8 Å². The van der Waals surface area contributed by atoms with Gasteiger partial charge in [-0.15, -0.1) is 0 Å². The van der Waals surface area contributed by atoms with Crippen LogP contribution in [0.3, 0.4) is 0 Å². The Balaban J connectivity index is 2.63. The molecule has 116 valence electrons. The van der Waals surface area contributed by atoms with Crippen LogP contribution in [0.5, 0.6) is 0 Å². The molecule has 1 atom stereocenters. The Morgan fingerprint density at radius 3 is 2.62 bits per heavy atom. The Kier molecular flexibility index (Phi) is 6.68. The van der Waals surface area contributed by atoms with E-state index in [0.29, 0.717) is 12.3 Å². The van der Waals surface area contributed by atoms with E-state index in [0.717, 1.165) is 5.56 Å². The van der Waals surface area contributed by atoms with Crippen LogP contribution in [0.2, 0.25) is 0 Å². The minimum atomic E-state index is -0.934. The molecule has 21 heavy (non-hydrogen) atoms. The first-order valence-corrected chi connectivity index (χ1v) is 6.79. The second-order valence-corrected chi connectivity index (χ2v) is 5.18. The molecule has 0 saturated heterocycles. The lowest BCUT2D eigenvalue weighted by molar-refractivity contribution is -0.137. The lowest BCUT2D eigenvalue weighted by atomic mass is 10.0. The molecule has 1 unspecified atom stereocenters. The second kappa shape index (κ2) is 8.26. The van der Waals surface area contributed by atoms with Gasteiger partial charge in [0, 0.05) is 18.8 Å². The highest BCUT2D eigenvalue weighted by Gasteiger charge is 2.19. The monoisotopic (exact) mass is 294 g/mol. The van der Waals surface area contributed by atoms with Crippen LogP contribution >= 0.6 is 0 Å². The molecule has 0 bridgehead atoms. The van der Waals surface area contributed by atoms with E-state index >= 15 is 0 Å². The number of anilines is 1. The number of benzene rings is 1. The molecule has 0 saturated carbocycles. The summed E-state index contributed by atoms with van der Waals surface area (Å²) in [4.78, 5) is 22.7. The third-order valence-electron chi connectivity index (χ3n) is 3.01. The predicted octanol–water partition coefficient (Wildman–Crippen LogP) is 2.45. The summed E-state index contributed by atoms with van der Waals surface area (Å²) >= 11 is 0. The number of methoxy groups -OCH3 is 1. The van der Waals surface area contributed by atoms with Gasteiger partial charge in [0.1, 0.15) is 0 Å². The molecule has 0 aromatic heterocycles. The summed E-state index contributed by atoms with van der Waals surface area (Å²) in [5, 5.41) is 14.2. The number of aliphatic carboxylic acids is 1. The van der Waals surface area contributed by atoms with E-state index in [9.17, 15) is 9.59 Å². The van der Waals surface area contributed by atoms with E-state index in [-0.39, 0.29) is 12.3 Å². The van der Waals surface area contributed by atoms with Crippen LogP contribution in [0.15, 0.2) is 24.3 Å². The molecule has 6 nitrogen and oxygen atoms in total. The molecule has 3 N–H and O–H groups in total. The summed E-state index contributed by atoms with van der Waals surface area (Å²) < 4.78 is 5.03. The maximum atomic E-state index is 11.9. The first-order valence-electron chi connectivity index (χ1n) is 6.79. The third-order valence-corrected chi connectivity index (χ3v) is 3.01. The van der Waals surface area contributed by atoms with Crippen molar-refractivity contribution in [1.29, 1.82) is 0 Å². The quantitative estimate of drug-likeness (QED) is 0.721. The molecule has 0 aliphatic carbocycles. The molecule has 0 spiro atoms. The average Bonchev–Trinajstić information content (AvgIpc) is 2.38. The lowest BCUT2D eigenvalue weighted by Crippen LogP contribution is -2.42. The van der Waals surface area contributed by atoms with Gasteiger partial charge in [-0.3, -0.25) is 4.79 Å². The fourth-order valence-electron chi connectivity index (χ4n) is 1.88. The Bertz CT molecular complexity index is 488. The number of carbonyl (C=O) groups is 2. The van der Waals surface area contributed by atoms with Gasteiger partial charge >= 0.3 is 12.0 Å². The normalized spacial score (nSPS) is 12.0. The first-order chi connectivity index (χ1) is 9.92. The Morgan fingerprint density at radius 2 is 2.05 bits per heavy atom. The van der Waals surface area contributed by atoms with Crippen molar-refractivity contribution < 1.29 is 19.4 Å². The molecule has 1 aromatic carbocycles. The van der Waals surface area contributed by atoms with Crippen molar-refractivity contribution >= 4 is 17.7 Å². The van der Waals surface area contributed by atoms with Gasteiger partial charge in [-0.25, -0.2) is 4.79 Å². The molecule has 0 heterocycles. The zero-order chi connectivity index (χ0) is 15.8. The Hall–Kier alpha value is -2.08. The van der Waals surface area contributed by atoms with E-state index in [1.807, 2.05) is 32.0 Å². The van der Waals surface area contributed by atoms with Crippen LogP contribution in [0.4, 0.5) is 10.5 Å². The fraction of sp³-hybridized carbons (Fsp3) is 0.467. The molecule has 2 amide bonds. The van der Waals surface area contributed by atoms with Gasteiger partial charge in [0.05, 0.1) is 13.0 Å². The highest BCUT2D eigenvalue weighted by Crippen LogP contribution is 2.12. The Labute approximate surface area is 124 Å². The van der Waals surface area contributed by atoms with Gasteiger partial charge in [0.25, 0.3) is 0 Å². The molecule has 0 radical (unpaired) electrons. The molecule has 0 aliphatic heterocycles. The summed E-state index contributed by atoms with van der Waals surface area (Å²) in [6.07, 6.45) is -0.102. The van der Waals surface area contributed by atoms with Crippen molar-refractivity contribution in [3.05, 3.63) is 29.8 Å². The van der Waals surface area contributed by atoms with Crippen molar-refractivity contribution in [2.24, 2.45) is 5.92 Å². The van der Waals surface area contributed by atoms with Crippen LogP contribution in [0.25, 0.3) is 0 Å². The van der Waals surface area contributed by atoms with E-state index in [1.54, 1.807) is 13.2 Å². The minimum Gasteiger partial charge on any atom is -0.481 e. The number of amides is 2. The number of carboxylic acid groups (broad SMARTS) is 1. The summed E-state index contributed by atoms with van der Waals surface area (Å²) in [6.45, 7) is 4.20. The molecule has 0 aliphatic rings. The number of rotatable bonds is 7. The van der Waals surface area contributed by atoms with Crippen molar-refractivity contribution in [3.63, 3.8) is 0 Å². The second-order valence-electron chi connectivity index (χ2n) is 5.18. The predicted molar refractivity (Wildman–Crippen MR) is 80.2 cm³/mol. The smallest absolute Gasteiger partial charge is 0.319 e. The average molecular weight is 294 g/mol. The summed E-state index contributed by atoms with van der Waals surface area (Å²) in [6, 6.07) is 6.47. The molecular formula is C15H22N2O4. The minimum absolute atomic E-state index is 0.0340. The molecule has 1 aromatic rings. The number of carboxylic acids is 1. The van der Waals surface area contributed by atoms with Crippen molar-refractivity contribution in [3.8, 4) is 0 Å². The van der Waals surface area contributed by atoms with Crippen LogP contribution in [0, 0.1) is 5.92 Å². The van der Waals surface area contributed by atoms with Gasteiger partial charge in [-0.2, -0.15) is 0 Å². The van der Waals surface area contributed by atoms with Crippen LogP contribution in [-0.4, -0.2) is 30.3 Å². The van der Waals surface area contributed by atoms with Gasteiger partial charge in [-0.1, -0.05) is 26.0 Å². The number of hydrogen-bond donors (Lipinski definition) is 3. The number of ether oxygens (including phenoxy) is 1. The zero-order valence-corrected chi connectivity index (χ0v) is 12.6. The maximum absolute atomic E-state index is 11.9. The van der Waals surface area contributed by atoms with Crippen molar-refractivity contribution in [2.75, 3.05) is 12.4 Å². The van der Waals surface area contributed by atoms with Gasteiger partial charge in [0.15, 0.2) is 0 Å². The Morgan fingerprint density at radius 1 is 1.33 bits per heavy atom. The lowest BCUT2D eigenvalue weighted by Gasteiger charge is -2.21. The van der Waals surface area contributed by atoms with E-state index in [2.05, 4.69) is 10.6 Å². The molecular weight excluding hydrogens is 272 g/mol. The standard InChI is InChI=1S/C15H22N2O4/c1-10(2)13(8-14(18)19)17-15(20)16-12-6-4-5-11(7-12)9-21-3/h4-7,10,13H,8-9H2,1-3H3,(H,18,19)(H2,16,17,20). The van der Waals surface area contributed by atoms with Crippen LogP contribution in [-0.2, 0) is 16.1 Å². The highest BCUT2D eigenvalue weighted by molar-refractivity contribution is 5.89. The molecule has 1 rings (SSSR count). The number of nitrogens with one attached hydrogen (secondary N) is 2. The first kappa shape index (κ1) is 17.0. The number of hydrogen-bond acceptors (Lipinski definition) is 3. The van der Waals surface area contributed by atoms with Gasteiger partial charge in [0.2, 0.25) is 0 Å². The molecule has 6 heteroatoms. The third kappa shape index (κ3) is 6.27. The highest BCUT2D eigenvalue weighted by atomic mass is 16.5. The van der Waals surface area contributed by atoms with Gasteiger partial charge in [-0.05, 0) is 23.6 Å². The summed E-state index contributed by atoms with van der Waals surface area (Å²) in [5.74, 6) is -0.900. The summed E-state index contributed by atoms with van der Waals surface area (Å²) in [7, 11) is 1.60.